The predicted octanol–water partition coefficient (Wildman–Crippen LogP) is 0.822. The van der Waals surface area contributed by atoms with Crippen molar-refractivity contribution in [2.24, 2.45) is 0 Å². The van der Waals surface area contributed by atoms with Crippen molar-refractivity contribution >= 4 is 0 Å². The Morgan fingerprint density at radius 2 is 2.40 bits per heavy atom. The first-order chi connectivity index (χ1) is 7.34. The molecule has 1 aromatic rings. The van der Waals surface area contributed by atoms with Crippen LogP contribution in [0.25, 0.3) is 0 Å². The van der Waals surface area contributed by atoms with Crippen LogP contribution in [0.1, 0.15) is 35.8 Å². The first kappa shape index (κ1) is 9.36. The van der Waals surface area contributed by atoms with E-state index in [0.717, 1.165) is 26.1 Å². The summed E-state index contributed by atoms with van der Waals surface area (Å²) in [6.07, 6.45) is 3.63. The Labute approximate surface area is 90.0 Å². The largest absolute Gasteiger partial charge is 0.309 e. The molecule has 0 unspecified atom stereocenters. The van der Waals surface area contributed by atoms with E-state index >= 15 is 0 Å². The van der Waals surface area contributed by atoms with Crippen molar-refractivity contribution in [3.63, 3.8) is 0 Å². The summed E-state index contributed by atoms with van der Waals surface area (Å²) in [5.74, 6) is 0. The van der Waals surface area contributed by atoms with E-state index in [9.17, 15) is 0 Å². The lowest BCUT2D eigenvalue weighted by molar-refractivity contribution is 0.309. The predicted molar refractivity (Wildman–Crippen MR) is 58.6 cm³/mol. The van der Waals surface area contributed by atoms with Crippen LogP contribution in [0, 0.1) is 0 Å². The number of likely N-dealkylation sites (N-methyl/N-ethyl adjacent to an activating group) is 1. The number of nitrogens with one attached hydrogen (secondary N) is 2. The molecule has 1 saturated heterocycles. The number of aromatic amines is 1. The Morgan fingerprint density at radius 3 is 3.20 bits per heavy atom. The second-order valence-corrected chi connectivity index (χ2v) is 4.70. The molecule has 2 N–H and O–H groups in total. The van der Waals surface area contributed by atoms with Gasteiger partial charge in [-0.3, -0.25) is 5.10 Å². The van der Waals surface area contributed by atoms with E-state index in [4.69, 9.17) is 0 Å². The van der Waals surface area contributed by atoms with Crippen molar-refractivity contribution < 1.29 is 0 Å². The lowest BCUT2D eigenvalue weighted by Gasteiger charge is -2.23. The topological polar surface area (TPSA) is 44.0 Å². The smallest absolute Gasteiger partial charge is 0.0839 e. The van der Waals surface area contributed by atoms with Gasteiger partial charge in [0.1, 0.15) is 0 Å². The fourth-order valence-corrected chi connectivity index (χ4v) is 2.66. The number of H-pyrrole nitrogens is 1. The summed E-state index contributed by atoms with van der Waals surface area (Å²) in [5, 5.41) is 11.2. The summed E-state index contributed by atoms with van der Waals surface area (Å²) in [6.45, 7) is 3.34. The summed E-state index contributed by atoms with van der Waals surface area (Å²) >= 11 is 0. The van der Waals surface area contributed by atoms with Gasteiger partial charge >= 0.3 is 0 Å². The van der Waals surface area contributed by atoms with E-state index in [1.54, 1.807) is 0 Å². The van der Waals surface area contributed by atoms with Crippen LogP contribution in [0.15, 0.2) is 0 Å². The Morgan fingerprint density at radius 1 is 1.47 bits per heavy atom. The van der Waals surface area contributed by atoms with Crippen LogP contribution in [-0.2, 0) is 13.0 Å². The van der Waals surface area contributed by atoms with Gasteiger partial charge in [0, 0.05) is 30.8 Å². The molecule has 82 valence electrons. The van der Waals surface area contributed by atoms with E-state index in [2.05, 4.69) is 27.5 Å². The SMILES string of the molecule is CN1CCc2[nH]nc([C@@H]3CCCN3)c2C1. The van der Waals surface area contributed by atoms with E-state index < -0.39 is 0 Å². The Kier molecular flexibility index (Phi) is 2.25. The first-order valence-corrected chi connectivity index (χ1v) is 5.82. The number of aromatic nitrogens is 2. The quantitative estimate of drug-likeness (QED) is 0.715. The minimum Gasteiger partial charge on any atom is -0.309 e. The molecule has 1 fully saturated rings. The van der Waals surface area contributed by atoms with Crippen LogP contribution >= 0.6 is 0 Å². The van der Waals surface area contributed by atoms with Crippen LogP contribution in [0.4, 0.5) is 0 Å². The third kappa shape index (κ3) is 1.58. The van der Waals surface area contributed by atoms with Crippen molar-refractivity contribution in [1.29, 1.82) is 0 Å². The molecule has 0 spiro atoms. The van der Waals surface area contributed by atoms with Crippen LogP contribution in [-0.4, -0.2) is 35.2 Å². The first-order valence-electron chi connectivity index (χ1n) is 5.82. The molecule has 3 heterocycles. The molecule has 3 rings (SSSR count). The molecule has 0 bridgehead atoms. The van der Waals surface area contributed by atoms with Crippen molar-refractivity contribution in [3.05, 3.63) is 17.0 Å². The molecular weight excluding hydrogens is 188 g/mol. The Hall–Kier alpha value is -0.870. The molecule has 2 aliphatic rings. The fraction of sp³-hybridized carbons (Fsp3) is 0.727. The summed E-state index contributed by atoms with van der Waals surface area (Å²) in [7, 11) is 2.18. The number of hydrogen-bond acceptors (Lipinski definition) is 3. The van der Waals surface area contributed by atoms with Crippen LogP contribution < -0.4 is 5.32 Å². The summed E-state index contributed by atoms with van der Waals surface area (Å²) in [6, 6.07) is 0.497. The zero-order valence-corrected chi connectivity index (χ0v) is 9.21. The normalized spacial score (nSPS) is 26.9. The van der Waals surface area contributed by atoms with Gasteiger partial charge in [0.05, 0.1) is 11.7 Å². The van der Waals surface area contributed by atoms with Gasteiger partial charge in [0.15, 0.2) is 0 Å². The number of nitrogens with zero attached hydrogens (tertiary/aromatic N) is 2. The maximum Gasteiger partial charge on any atom is 0.0839 e. The van der Waals surface area contributed by atoms with Crippen molar-refractivity contribution in [1.82, 2.24) is 20.4 Å². The van der Waals surface area contributed by atoms with Gasteiger partial charge in [-0.2, -0.15) is 5.10 Å². The average Bonchev–Trinajstić information content (AvgIpc) is 2.83. The van der Waals surface area contributed by atoms with Crippen molar-refractivity contribution in [3.8, 4) is 0 Å². The maximum atomic E-state index is 4.50. The number of hydrogen-bond donors (Lipinski definition) is 2. The van der Waals surface area contributed by atoms with Crippen molar-refractivity contribution in [2.45, 2.75) is 31.8 Å². The average molecular weight is 206 g/mol. The van der Waals surface area contributed by atoms with Gasteiger partial charge in [-0.25, -0.2) is 0 Å². The zero-order chi connectivity index (χ0) is 10.3. The summed E-state index contributed by atoms with van der Waals surface area (Å²) in [5.41, 5.74) is 4.08. The van der Waals surface area contributed by atoms with E-state index in [1.165, 1.54) is 29.8 Å². The molecule has 0 aliphatic carbocycles. The van der Waals surface area contributed by atoms with Gasteiger partial charge < -0.3 is 10.2 Å². The van der Waals surface area contributed by atoms with Gasteiger partial charge in [0.25, 0.3) is 0 Å². The second-order valence-electron chi connectivity index (χ2n) is 4.70. The second kappa shape index (κ2) is 3.61. The van der Waals surface area contributed by atoms with Crippen molar-refractivity contribution in [2.75, 3.05) is 20.1 Å². The van der Waals surface area contributed by atoms with Gasteiger partial charge in [0.2, 0.25) is 0 Å². The standard InChI is InChI=1S/C11H18N4/c1-15-6-4-9-8(7-15)11(14-13-9)10-3-2-5-12-10/h10,12H,2-7H2,1H3,(H,13,14)/t10-/m0/s1. The molecule has 15 heavy (non-hydrogen) atoms. The third-order valence-corrected chi connectivity index (χ3v) is 3.55. The molecular formula is C11H18N4. The Bertz CT molecular complexity index is 351. The molecule has 1 aromatic heterocycles. The van der Waals surface area contributed by atoms with Crippen LogP contribution in [0.3, 0.4) is 0 Å². The van der Waals surface area contributed by atoms with Gasteiger partial charge in [-0.05, 0) is 26.4 Å². The highest BCUT2D eigenvalue weighted by molar-refractivity contribution is 5.30. The number of rotatable bonds is 1. The third-order valence-electron chi connectivity index (χ3n) is 3.55. The molecule has 4 heteroatoms. The lowest BCUT2D eigenvalue weighted by Crippen LogP contribution is -2.27. The number of fused-ring (bicyclic) bond motifs is 1. The fourth-order valence-electron chi connectivity index (χ4n) is 2.66. The molecule has 0 amide bonds. The monoisotopic (exact) mass is 206 g/mol. The molecule has 2 aliphatic heterocycles. The summed E-state index contributed by atoms with van der Waals surface area (Å²) in [4.78, 5) is 2.37. The molecule has 0 saturated carbocycles. The maximum absolute atomic E-state index is 4.50. The highest BCUT2D eigenvalue weighted by atomic mass is 15.2. The van der Waals surface area contributed by atoms with E-state index in [1.807, 2.05) is 0 Å². The minimum absolute atomic E-state index is 0.497. The van der Waals surface area contributed by atoms with E-state index in [0.29, 0.717) is 6.04 Å². The molecule has 0 radical (unpaired) electrons. The highest BCUT2D eigenvalue weighted by Crippen LogP contribution is 2.28. The zero-order valence-electron chi connectivity index (χ0n) is 9.21. The minimum atomic E-state index is 0.497. The van der Waals surface area contributed by atoms with Gasteiger partial charge in [-0.15, -0.1) is 0 Å². The lowest BCUT2D eigenvalue weighted by atomic mass is 10.0. The Balaban J connectivity index is 1.92. The molecule has 4 nitrogen and oxygen atoms in total. The van der Waals surface area contributed by atoms with E-state index in [-0.39, 0.29) is 0 Å². The van der Waals surface area contributed by atoms with Crippen LogP contribution in [0.2, 0.25) is 0 Å². The highest BCUT2D eigenvalue weighted by Gasteiger charge is 2.26. The molecule has 1 atom stereocenters. The molecule has 0 aromatic carbocycles. The van der Waals surface area contributed by atoms with Gasteiger partial charge in [-0.1, -0.05) is 0 Å². The summed E-state index contributed by atoms with van der Waals surface area (Å²) < 4.78 is 0. The van der Waals surface area contributed by atoms with Crippen LogP contribution in [0.5, 0.6) is 0 Å².